The molecule has 0 aliphatic carbocycles. The molecule has 7 heteroatoms. The van der Waals surface area contributed by atoms with E-state index in [1.807, 2.05) is 32.0 Å². The molecule has 2 N–H and O–H groups in total. The maximum atomic E-state index is 11.9. The van der Waals surface area contributed by atoms with Crippen LogP contribution in [0.25, 0.3) is 23.5 Å². The molecule has 0 saturated carbocycles. The topological polar surface area (TPSA) is 93.2 Å². The number of benzene rings is 1. The maximum absolute atomic E-state index is 11.9. The Balaban J connectivity index is 1.69. The molecule has 2 heterocycles. The average Bonchev–Trinajstić information content (AvgIpc) is 3.31. The molecule has 0 saturated heterocycles. The molecular formula is C19H20N4O3. The number of nitrogens with zero attached hydrogens (tertiary/aromatic N) is 2. The van der Waals surface area contributed by atoms with Crippen LogP contribution in [0.3, 0.4) is 0 Å². The smallest absolute Gasteiger partial charge is 0.319 e. The predicted octanol–water partition coefficient (Wildman–Crippen LogP) is 4.42. The third kappa shape index (κ3) is 4.60. The third-order valence-corrected chi connectivity index (χ3v) is 3.74. The van der Waals surface area contributed by atoms with Crippen LogP contribution in [-0.4, -0.2) is 22.2 Å². The number of carbonyl (C=O) groups excluding carboxylic acids is 1. The standard InChI is InChI=1S/C19H20N4O3/c1-3-13(2)20-19(24)21-15-7-4-6-14(12-15)18-22-17(26-23-18)10-9-16-8-5-11-25-16/h4-13H,3H2,1-2H3,(H2,20,21,24)/b10-9+. The molecule has 26 heavy (non-hydrogen) atoms. The van der Waals surface area contributed by atoms with Gasteiger partial charge in [0, 0.05) is 23.4 Å². The second kappa shape index (κ2) is 8.15. The van der Waals surface area contributed by atoms with Gasteiger partial charge in [-0.25, -0.2) is 4.79 Å². The van der Waals surface area contributed by atoms with Crippen LogP contribution in [0, 0.1) is 0 Å². The highest BCUT2D eigenvalue weighted by Gasteiger charge is 2.09. The molecule has 1 aromatic carbocycles. The molecule has 0 spiro atoms. The molecular weight excluding hydrogens is 332 g/mol. The molecule has 134 valence electrons. The van der Waals surface area contributed by atoms with Crippen molar-refractivity contribution in [2.24, 2.45) is 0 Å². The minimum Gasteiger partial charge on any atom is -0.465 e. The van der Waals surface area contributed by atoms with Crippen LogP contribution in [0.5, 0.6) is 0 Å². The molecule has 2 amide bonds. The van der Waals surface area contributed by atoms with Gasteiger partial charge in [0.25, 0.3) is 5.89 Å². The second-order valence-corrected chi connectivity index (χ2v) is 5.79. The van der Waals surface area contributed by atoms with Crippen LogP contribution < -0.4 is 10.6 Å². The van der Waals surface area contributed by atoms with Crippen molar-refractivity contribution < 1.29 is 13.7 Å². The largest absolute Gasteiger partial charge is 0.465 e. The first-order chi connectivity index (χ1) is 12.6. The molecule has 0 aliphatic rings. The summed E-state index contributed by atoms with van der Waals surface area (Å²) in [6.07, 6.45) is 5.88. The van der Waals surface area contributed by atoms with E-state index in [4.69, 9.17) is 8.94 Å². The summed E-state index contributed by atoms with van der Waals surface area (Å²) in [5.41, 5.74) is 1.40. The van der Waals surface area contributed by atoms with Crippen molar-refractivity contribution in [1.82, 2.24) is 15.5 Å². The fraction of sp³-hybridized carbons (Fsp3) is 0.211. The quantitative estimate of drug-likeness (QED) is 0.685. The van der Waals surface area contributed by atoms with Crippen molar-refractivity contribution in [2.75, 3.05) is 5.32 Å². The lowest BCUT2D eigenvalue weighted by molar-refractivity contribution is 0.249. The van der Waals surface area contributed by atoms with Crippen molar-refractivity contribution in [3.05, 3.63) is 54.3 Å². The summed E-state index contributed by atoms with van der Waals surface area (Å²) in [5, 5.41) is 9.63. The number of aromatic nitrogens is 2. The first kappa shape index (κ1) is 17.5. The zero-order valence-electron chi connectivity index (χ0n) is 14.6. The Morgan fingerprint density at radius 2 is 2.15 bits per heavy atom. The van der Waals surface area contributed by atoms with Gasteiger partial charge in [-0.3, -0.25) is 0 Å². The third-order valence-electron chi connectivity index (χ3n) is 3.74. The number of amides is 2. The average molecular weight is 352 g/mol. The van der Waals surface area contributed by atoms with Gasteiger partial charge in [-0.2, -0.15) is 4.98 Å². The number of furan rings is 1. The normalized spacial score (nSPS) is 12.2. The predicted molar refractivity (Wildman–Crippen MR) is 99.3 cm³/mol. The van der Waals surface area contributed by atoms with E-state index in [0.717, 1.165) is 12.0 Å². The van der Waals surface area contributed by atoms with Crippen LogP contribution >= 0.6 is 0 Å². The van der Waals surface area contributed by atoms with Crippen LogP contribution in [0.1, 0.15) is 31.9 Å². The fourth-order valence-corrected chi connectivity index (χ4v) is 2.19. The molecule has 0 aliphatic heterocycles. The summed E-state index contributed by atoms with van der Waals surface area (Å²) in [5.74, 6) is 1.50. The Hall–Kier alpha value is -3.35. The number of nitrogens with one attached hydrogen (secondary N) is 2. The Labute approximate surface area is 151 Å². The first-order valence-corrected chi connectivity index (χ1v) is 8.37. The van der Waals surface area contributed by atoms with Crippen molar-refractivity contribution in [3.8, 4) is 11.4 Å². The summed E-state index contributed by atoms with van der Waals surface area (Å²) in [4.78, 5) is 16.3. The van der Waals surface area contributed by atoms with Crippen LogP contribution in [-0.2, 0) is 0 Å². The van der Waals surface area contributed by atoms with E-state index in [2.05, 4.69) is 20.8 Å². The molecule has 1 atom stereocenters. The number of hydrogen-bond donors (Lipinski definition) is 2. The summed E-state index contributed by atoms with van der Waals surface area (Å²) < 4.78 is 10.4. The van der Waals surface area contributed by atoms with E-state index in [9.17, 15) is 4.79 Å². The maximum Gasteiger partial charge on any atom is 0.319 e. The molecule has 0 radical (unpaired) electrons. The van der Waals surface area contributed by atoms with Gasteiger partial charge in [0.05, 0.1) is 6.26 Å². The van der Waals surface area contributed by atoms with Gasteiger partial charge in [0.2, 0.25) is 5.82 Å². The number of anilines is 1. The number of hydrogen-bond acceptors (Lipinski definition) is 5. The van der Waals surface area contributed by atoms with E-state index >= 15 is 0 Å². The van der Waals surface area contributed by atoms with Crippen LogP contribution in [0.2, 0.25) is 0 Å². The fourth-order valence-electron chi connectivity index (χ4n) is 2.19. The highest BCUT2D eigenvalue weighted by molar-refractivity contribution is 5.90. The summed E-state index contributed by atoms with van der Waals surface area (Å²) >= 11 is 0. The first-order valence-electron chi connectivity index (χ1n) is 8.37. The molecule has 3 rings (SSSR count). The summed E-state index contributed by atoms with van der Waals surface area (Å²) in [7, 11) is 0. The van der Waals surface area contributed by atoms with E-state index < -0.39 is 0 Å². The van der Waals surface area contributed by atoms with Crippen molar-refractivity contribution >= 4 is 23.9 Å². The van der Waals surface area contributed by atoms with Gasteiger partial charge in [-0.05, 0) is 43.7 Å². The highest BCUT2D eigenvalue weighted by atomic mass is 16.5. The van der Waals surface area contributed by atoms with Crippen molar-refractivity contribution in [2.45, 2.75) is 26.3 Å². The molecule has 2 aromatic heterocycles. The Bertz CT molecular complexity index is 884. The lowest BCUT2D eigenvalue weighted by atomic mass is 10.2. The van der Waals surface area contributed by atoms with Gasteiger partial charge in [0.1, 0.15) is 5.76 Å². The number of urea groups is 1. The monoisotopic (exact) mass is 352 g/mol. The Kier molecular flexibility index (Phi) is 5.48. The zero-order chi connectivity index (χ0) is 18.4. The van der Waals surface area contributed by atoms with Crippen LogP contribution in [0.15, 0.2) is 51.6 Å². The van der Waals surface area contributed by atoms with Crippen molar-refractivity contribution in [3.63, 3.8) is 0 Å². The van der Waals surface area contributed by atoms with Crippen LogP contribution in [0.4, 0.5) is 10.5 Å². The summed E-state index contributed by atoms with van der Waals surface area (Å²) in [6, 6.07) is 10.8. The van der Waals surface area contributed by atoms with E-state index in [1.54, 1.807) is 36.6 Å². The SMILES string of the molecule is CCC(C)NC(=O)Nc1cccc(-c2noc(/C=C/c3ccco3)n2)c1. The van der Waals surface area contributed by atoms with Gasteiger partial charge in [-0.1, -0.05) is 24.2 Å². The van der Waals surface area contributed by atoms with Gasteiger partial charge in [-0.15, -0.1) is 0 Å². The molecule has 0 fully saturated rings. The highest BCUT2D eigenvalue weighted by Crippen LogP contribution is 2.20. The molecule has 1 unspecified atom stereocenters. The van der Waals surface area contributed by atoms with Gasteiger partial charge >= 0.3 is 6.03 Å². The number of rotatable bonds is 6. The number of carbonyl (C=O) groups is 1. The van der Waals surface area contributed by atoms with E-state index in [0.29, 0.717) is 23.2 Å². The minimum atomic E-state index is -0.244. The zero-order valence-corrected chi connectivity index (χ0v) is 14.6. The Morgan fingerprint density at radius 1 is 1.27 bits per heavy atom. The lowest BCUT2D eigenvalue weighted by Crippen LogP contribution is -2.35. The molecule has 0 bridgehead atoms. The van der Waals surface area contributed by atoms with Crippen molar-refractivity contribution in [1.29, 1.82) is 0 Å². The Morgan fingerprint density at radius 3 is 2.92 bits per heavy atom. The lowest BCUT2D eigenvalue weighted by Gasteiger charge is -2.12. The molecule has 7 nitrogen and oxygen atoms in total. The van der Waals surface area contributed by atoms with E-state index in [-0.39, 0.29) is 12.1 Å². The van der Waals surface area contributed by atoms with Gasteiger partial charge in [0.15, 0.2) is 0 Å². The minimum absolute atomic E-state index is 0.110. The second-order valence-electron chi connectivity index (χ2n) is 5.79. The van der Waals surface area contributed by atoms with Gasteiger partial charge < -0.3 is 19.6 Å². The summed E-state index contributed by atoms with van der Waals surface area (Å²) in [6.45, 7) is 3.97. The van der Waals surface area contributed by atoms with E-state index in [1.165, 1.54) is 0 Å². The molecule has 3 aromatic rings.